The molecule has 0 atom stereocenters. The molecule has 3 rings (SSSR count). The summed E-state index contributed by atoms with van der Waals surface area (Å²) in [5, 5.41) is 8.91. The number of rotatable bonds is 8. The number of anilines is 1. The monoisotopic (exact) mass is 436 g/mol. The van der Waals surface area contributed by atoms with Crippen molar-refractivity contribution in [1.82, 2.24) is 9.80 Å². The molecule has 0 saturated carbocycles. The molecule has 1 aliphatic heterocycles. The van der Waals surface area contributed by atoms with E-state index in [4.69, 9.17) is 5.26 Å². The number of amides is 2. The Kier molecular flexibility index (Phi) is 8.76. The summed E-state index contributed by atoms with van der Waals surface area (Å²) < 4.78 is 13.9. The molecule has 0 aliphatic carbocycles. The van der Waals surface area contributed by atoms with E-state index in [1.165, 1.54) is 6.07 Å². The molecule has 6 nitrogen and oxygen atoms in total. The highest BCUT2D eigenvalue weighted by Gasteiger charge is 2.22. The SMILES string of the molecule is N#CCCN(C(=O)CCC(=O)N1CCCN(Cc2ccccc2F)CC1)c1ccccc1. The zero-order valence-electron chi connectivity index (χ0n) is 18.3. The Morgan fingerprint density at radius 2 is 1.72 bits per heavy atom. The molecule has 1 saturated heterocycles. The van der Waals surface area contributed by atoms with Gasteiger partial charge in [0.25, 0.3) is 0 Å². The van der Waals surface area contributed by atoms with Crippen molar-refractivity contribution in [3.8, 4) is 6.07 Å². The molecule has 0 spiro atoms. The van der Waals surface area contributed by atoms with E-state index < -0.39 is 0 Å². The fourth-order valence-corrected chi connectivity index (χ4v) is 3.92. The fourth-order valence-electron chi connectivity index (χ4n) is 3.92. The van der Waals surface area contributed by atoms with Crippen molar-refractivity contribution in [3.05, 3.63) is 66.0 Å². The number of carbonyl (C=O) groups is 2. The Hall–Kier alpha value is -3.24. The van der Waals surface area contributed by atoms with Crippen molar-refractivity contribution in [2.45, 2.75) is 32.2 Å². The van der Waals surface area contributed by atoms with Crippen molar-refractivity contribution in [1.29, 1.82) is 5.26 Å². The highest BCUT2D eigenvalue weighted by atomic mass is 19.1. The van der Waals surface area contributed by atoms with Crippen LogP contribution in [-0.4, -0.2) is 54.3 Å². The zero-order valence-corrected chi connectivity index (χ0v) is 18.3. The van der Waals surface area contributed by atoms with Gasteiger partial charge in [-0.1, -0.05) is 36.4 Å². The third-order valence-corrected chi connectivity index (χ3v) is 5.66. The minimum Gasteiger partial charge on any atom is -0.341 e. The predicted octanol–water partition coefficient (Wildman–Crippen LogP) is 3.59. The highest BCUT2D eigenvalue weighted by Crippen LogP contribution is 2.17. The van der Waals surface area contributed by atoms with Crippen LogP contribution in [0.4, 0.5) is 10.1 Å². The first-order valence-corrected chi connectivity index (χ1v) is 11.0. The molecule has 1 fully saturated rings. The summed E-state index contributed by atoms with van der Waals surface area (Å²) in [6, 6.07) is 18.1. The van der Waals surface area contributed by atoms with E-state index in [9.17, 15) is 14.0 Å². The standard InChI is InChI=1S/C25H29FN4O2/c26-23-11-5-4-8-21(23)20-28-15-7-16-29(19-18-28)24(31)12-13-25(32)30(17-6-14-27)22-9-2-1-3-10-22/h1-5,8-11H,6-7,12-13,15-20H2. The summed E-state index contributed by atoms with van der Waals surface area (Å²) >= 11 is 0. The van der Waals surface area contributed by atoms with Crippen LogP contribution < -0.4 is 4.90 Å². The predicted molar refractivity (Wildman–Crippen MR) is 121 cm³/mol. The summed E-state index contributed by atoms with van der Waals surface area (Å²) in [4.78, 5) is 31.1. The van der Waals surface area contributed by atoms with Crippen LogP contribution in [0.25, 0.3) is 0 Å². The maximum absolute atomic E-state index is 13.9. The Labute approximate surface area is 188 Å². The molecule has 2 amide bonds. The Bertz CT molecular complexity index is 944. The second-order valence-corrected chi connectivity index (χ2v) is 7.89. The van der Waals surface area contributed by atoms with Gasteiger partial charge in [0.05, 0.1) is 12.5 Å². The molecule has 1 heterocycles. The lowest BCUT2D eigenvalue weighted by Crippen LogP contribution is -2.37. The van der Waals surface area contributed by atoms with E-state index in [2.05, 4.69) is 11.0 Å². The van der Waals surface area contributed by atoms with Crippen LogP contribution in [0, 0.1) is 17.1 Å². The maximum Gasteiger partial charge on any atom is 0.227 e. The minimum absolute atomic E-state index is 0.0422. The van der Waals surface area contributed by atoms with Crippen LogP contribution in [0.2, 0.25) is 0 Å². The highest BCUT2D eigenvalue weighted by molar-refractivity contribution is 5.95. The van der Waals surface area contributed by atoms with Crippen molar-refractivity contribution < 1.29 is 14.0 Å². The minimum atomic E-state index is -0.206. The average Bonchev–Trinajstić information content (AvgIpc) is 3.05. The lowest BCUT2D eigenvalue weighted by Gasteiger charge is -2.24. The Morgan fingerprint density at radius 3 is 2.47 bits per heavy atom. The van der Waals surface area contributed by atoms with Gasteiger partial charge < -0.3 is 9.80 Å². The number of benzene rings is 2. The van der Waals surface area contributed by atoms with Gasteiger partial charge in [0.1, 0.15) is 5.82 Å². The molecule has 7 heteroatoms. The molecule has 2 aromatic carbocycles. The number of hydrogen-bond acceptors (Lipinski definition) is 4. The molecule has 168 valence electrons. The van der Waals surface area contributed by atoms with Crippen LogP contribution in [0.5, 0.6) is 0 Å². The number of nitrogens with zero attached hydrogens (tertiary/aromatic N) is 4. The van der Waals surface area contributed by atoms with Crippen molar-refractivity contribution in [2.24, 2.45) is 0 Å². The molecular weight excluding hydrogens is 407 g/mol. The number of nitriles is 1. The number of carbonyl (C=O) groups excluding carboxylic acids is 2. The van der Waals surface area contributed by atoms with Gasteiger partial charge in [0.15, 0.2) is 0 Å². The fraction of sp³-hybridized carbons (Fsp3) is 0.400. The summed E-state index contributed by atoms with van der Waals surface area (Å²) in [6.45, 7) is 3.51. The van der Waals surface area contributed by atoms with Gasteiger partial charge in [-0.25, -0.2) is 4.39 Å². The molecule has 0 unspecified atom stereocenters. The second-order valence-electron chi connectivity index (χ2n) is 7.89. The summed E-state index contributed by atoms with van der Waals surface area (Å²) in [5.74, 6) is -0.405. The molecule has 32 heavy (non-hydrogen) atoms. The molecule has 0 N–H and O–H groups in total. The quantitative estimate of drug-likeness (QED) is 0.634. The normalized spacial score (nSPS) is 14.4. The first-order valence-electron chi connectivity index (χ1n) is 11.0. The van der Waals surface area contributed by atoms with E-state index in [1.54, 1.807) is 21.9 Å². The van der Waals surface area contributed by atoms with Crippen LogP contribution in [0.15, 0.2) is 54.6 Å². The van der Waals surface area contributed by atoms with Crippen LogP contribution in [-0.2, 0) is 16.1 Å². The smallest absolute Gasteiger partial charge is 0.227 e. The topological polar surface area (TPSA) is 67.6 Å². The van der Waals surface area contributed by atoms with Gasteiger partial charge in [0, 0.05) is 63.4 Å². The van der Waals surface area contributed by atoms with Crippen LogP contribution in [0.1, 0.15) is 31.2 Å². The van der Waals surface area contributed by atoms with Crippen molar-refractivity contribution in [2.75, 3.05) is 37.6 Å². The molecule has 0 bridgehead atoms. The number of para-hydroxylation sites is 1. The third-order valence-electron chi connectivity index (χ3n) is 5.66. The van der Waals surface area contributed by atoms with E-state index in [1.807, 2.05) is 36.4 Å². The van der Waals surface area contributed by atoms with Gasteiger partial charge in [-0.2, -0.15) is 5.26 Å². The molecule has 1 aliphatic rings. The van der Waals surface area contributed by atoms with E-state index >= 15 is 0 Å². The Balaban J connectivity index is 1.51. The van der Waals surface area contributed by atoms with Gasteiger partial charge >= 0.3 is 0 Å². The molecule has 0 radical (unpaired) electrons. The summed E-state index contributed by atoms with van der Waals surface area (Å²) in [6.07, 6.45) is 1.29. The van der Waals surface area contributed by atoms with Crippen LogP contribution >= 0.6 is 0 Å². The number of hydrogen-bond donors (Lipinski definition) is 0. The first-order chi connectivity index (χ1) is 15.6. The van der Waals surface area contributed by atoms with E-state index in [-0.39, 0.29) is 36.9 Å². The van der Waals surface area contributed by atoms with Crippen molar-refractivity contribution >= 4 is 17.5 Å². The lowest BCUT2D eigenvalue weighted by atomic mass is 10.2. The average molecular weight is 437 g/mol. The summed E-state index contributed by atoms with van der Waals surface area (Å²) in [7, 11) is 0. The van der Waals surface area contributed by atoms with Gasteiger partial charge in [-0.05, 0) is 24.6 Å². The maximum atomic E-state index is 13.9. The molecule has 0 aromatic heterocycles. The molecule has 2 aromatic rings. The summed E-state index contributed by atoms with van der Waals surface area (Å²) in [5.41, 5.74) is 1.40. The van der Waals surface area contributed by atoms with E-state index in [0.29, 0.717) is 38.3 Å². The van der Waals surface area contributed by atoms with Crippen molar-refractivity contribution in [3.63, 3.8) is 0 Å². The van der Waals surface area contributed by atoms with Gasteiger partial charge in [-0.15, -0.1) is 0 Å². The van der Waals surface area contributed by atoms with Gasteiger partial charge in [0.2, 0.25) is 11.8 Å². The first kappa shape index (κ1) is 23.4. The lowest BCUT2D eigenvalue weighted by molar-refractivity contribution is -0.133. The largest absolute Gasteiger partial charge is 0.341 e. The van der Waals surface area contributed by atoms with Crippen LogP contribution in [0.3, 0.4) is 0 Å². The molecular formula is C25H29FN4O2. The second kappa shape index (κ2) is 12.0. The van der Waals surface area contributed by atoms with E-state index in [0.717, 1.165) is 18.7 Å². The van der Waals surface area contributed by atoms with Gasteiger partial charge in [-0.3, -0.25) is 14.5 Å². The zero-order chi connectivity index (χ0) is 22.8. The Morgan fingerprint density at radius 1 is 0.969 bits per heavy atom. The third kappa shape index (κ3) is 6.63. The number of halogens is 1.